The van der Waals surface area contributed by atoms with Crippen LogP contribution in [-0.4, -0.2) is 29.8 Å². The van der Waals surface area contributed by atoms with Crippen LogP contribution >= 0.6 is 0 Å². The van der Waals surface area contributed by atoms with Crippen molar-refractivity contribution < 1.29 is 4.79 Å². The predicted molar refractivity (Wildman–Crippen MR) is 57.2 cm³/mol. The highest BCUT2D eigenvalue weighted by molar-refractivity contribution is 5.85. The van der Waals surface area contributed by atoms with E-state index in [4.69, 9.17) is 0 Å². The van der Waals surface area contributed by atoms with Gasteiger partial charge in [0.1, 0.15) is 5.78 Å². The van der Waals surface area contributed by atoms with Crippen LogP contribution in [0.2, 0.25) is 0 Å². The average molecular weight is 195 g/mol. The molecule has 2 fully saturated rings. The normalized spacial score (nSPS) is 34.6. The van der Waals surface area contributed by atoms with E-state index in [1.165, 1.54) is 6.42 Å². The standard InChI is InChI=1S/C12H21NO/c1-9(2)10-6-7-13(8-10)11-4-3-5-12(11)14/h9-11H,3-8H2,1-2H3. The van der Waals surface area contributed by atoms with Gasteiger partial charge in [0, 0.05) is 13.0 Å². The third-order valence-corrected chi connectivity index (χ3v) is 3.91. The lowest BCUT2D eigenvalue weighted by Crippen LogP contribution is -2.36. The van der Waals surface area contributed by atoms with E-state index in [0.29, 0.717) is 11.8 Å². The molecule has 2 heteroatoms. The van der Waals surface area contributed by atoms with Gasteiger partial charge in [0.2, 0.25) is 0 Å². The molecular formula is C12H21NO. The maximum atomic E-state index is 11.6. The van der Waals surface area contributed by atoms with Gasteiger partial charge in [-0.15, -0.1) is 0 Å². The third kappa shape index (κ3) is 1.85. The van der Waals surface area contributed by atoms with E-state index in [1.807, 2.05) is 0 Å². The van der Waals surface area contributed by atoms with Gasteiger partial charge < -0.3 is 0 Å². The molecule has 0 bridgehead atoms. The first kappa shape index (κ1) is 10.2. The lowest BCUT2D eigenvalue weighted by molar-refractivity contribution is -0.121. The summed E-state index contributed by atoms with van der Waals surface area (Å²) in [5, 5.41) is 0. The Balaban J connectivity index is 1.92. The molecule has 0 aromatic heterocycles. The Labute approximate surface area is 86.7 Å². The predicted octanol–water partition coefficient (Wildman–Crippen LogP) is 2.09. The van der Waals surface area contributed by atoms with Crippen LogP contribution in [0.15, 0.2) is 0 Å². The highest BCUT2D eigenvalue weighted by Gasteiger charge is 2.35. The second-order valence-electron chi connectivity index (χ2n) is 5.16. The summed E-state index contributed by atoms with van der Waals surface area (Å²) in [4.78, 5) is 14.0. The van der Waals surface area contributed by atoms with E-state index in [1.54, 1.807) is 0 Å². The monoisotopic (exact) mass is 195 g/mol. The van der Waals surface area contributed by atoms with Crippen LogP contribution in [0.3, 0.4) is 0 Å². The number of carbonyl (C=O) groups excluding carboxylic acids is 1. The molecule has 0 aromatic carbocycles. The SMILES string of the molecule is CC(C)C1CCN(C2CCCC2=O)C1. The molecule has 0 amide bonds. The van der Waals surface area contributed by atoms with Crippen molar-refractivity contribution >= 4 is 5.78 Å². The van der Waals surface area contributed by atoms with Crippen molar-refractivity contribution in [3.05, 3.63) is 0 Å². The molecule has 0 N–H and O–H groups in total. The fourth-order valence-electron chi connectivity index (χ4n) is 2.83. The lowest BCUT2D eigenvalue weighted by Gasteiger charge is -2.23. The summed E-state index contributed by atoms with van der Waals surface area (Å²) >= 11 is 0. The molecule has 1 saturated carbocycles. The lowest BCUT2D eigenvalue weighted by atomic mass is 9.95. The van der Waals surface area contributed by atoms with Gasteiger partial charge in [0.05, 0.1) is 6.04 Å². The van der Waals surface area contributed by atoms with Crippen molar-refractivity contribution in [1.29, 1.82) is 0 Å². The minimum Gasteiger partial charge on any atom is -0.298 e. The van der Waals surface area contributed by atoms with Crippen LogP contribution < -0.4 is 0 Å². The third-order valence-electron chi connectivity index (χ3n) is 3.91. The smallest absolute Gasteiger partial charge is 0.149 e. The van der Waals surface area contributed by atoms with E-state index < -0.39 is 0 Å². The van der Waals surface area contributed by atoms with Gasteiger partial charge in [-0.05, 0) is 37.6 Å². The Morgan fingerprint density at radius 1 is 1.36 bits per heavy atom. The Morgan fingerprint density at radius 2 is 2.14 bits per heavy atom. The maximum Gasteiger partial charge on any atom is 0.149 e. The van der Waals surface area contributed by atoms with Crippen LogP contribution in [0.4, 0.5) is 0 Å². The van der Waals surface area contributed by atoms with Crippen LogP contribution in [-0.2, 0) is 4.79 Å². The maximum absolute atomic E-state index is 11.6. The number of ketones is 1. The molecule has 2 unspecified atom stereocenters. The van der Waals surface area contributed by atoms with Crippen molar-refractivity contribution in [2.24, 2.45) is 11.8 Å². The highest BCUT2D eigenvalue weighted by Crippen LogP contribution is 2.29. The van der Waals surface area contributed by atoms with Gasteiger partial charge >= 0.3 is 0 Å². The van der Waals surface area contributed by atoms with Crippen molar-refractivity contribution in [1.82, 2.24) is 4.90 Å². The zero-order valence-electron chi connectivity index (χ0n) is 9.33. The number of carbonyl (C=O) groups is 1. The van der Waals surface area contributed by atoms with E-state index in [-0.39, 0.29) is 0 Å². The summed E-state index contributed by atoms with van der Waals surface area (Å²) in [6.07, 6.45) is 4.35. The molecule has 2 atom stereocenters. The number of hydrogen-bond acceptors (Lipinski definition) is 2. The summed E-state index contributed by atoms with van der Waals surface area (Å²) < 4.78 is 0. The second kappa shape index (κ2) is 4.01. The molecule has 2 nitrogen and oxygen atoms in total. The summed E-state index contributed by atoms with van der Waals surface area (Å²) in [7, 11) is 0. The highest BCUT2D eigenvalue weighted by atomic mass is 16.1. The minimum atomic E-state index is 0.291. The first-order chi connectivity index (χ1) is 6.68. The first-order valence-electron chi connectivity index (χ1n) is 5.95. The van der Waals surface area contributed by atoms with Crippen LogP contribution in [0.5, 0.6) is 0 Å². The van der Waals surface area contributed by atoms with Gasteiger partial charge in [-0.1, -0.05) is 13.8 Å². The molecule has 1 saturated heterocycles. The fraction of sp³-hybridized carbons (Fsp3) is 0.917. The summed E-state index contributed by atoms with van der Waals surface area (Å²) in [6.45, 7) is 6.91. The van der Waals surface area contributed by atoms with E-state index in [2.05, 4.69) is 18.7 Å². The largest absolute Gasteiger partial charge is 0.298 e. The molecule has 1 heterocycles. The molecule has 1 aliphatic carbocycles. The van der Waals surface area contributed by atoms with Crippen molar-refractivity contribution in [2.45, 2.75) is 45.6 Å². The number of rotatable bonds is 2. The van der Waals surface area contributed by atoms with Crippen LogP contribution in [0, 0.1) is 11.8 Å². The number of nitrogens with zero attached hydrogens (tertiary/aromatic N) is 1. The van der Waals surface area contributed by atoms with Crippen molar-refractivity contribution in [2.75, 3.05) is 13.1 Å². The number of hydrogen-bond donors (Lipinski definition) is 0. The molecule has 2 aliphatic rings. The molecule has 0 radical (unpaired) electrons. The van der Waals surface area contributed by atoms with E-state index in [9.17, 15) is 4.79 Å². The first-order valence-corrected chi connectivity index (χ1v) is 5.95. The topological polar surface area (TPSA) is 20.3 Å². The number of likely N-dealkylation sites (tertiary alicyclic amines) is 1. The molecule has 14 heavy (non-hydrogen) atoms. The zero-order valence-corrected chi connectivity index (χ0v) is 9.33. The van der Waals surface area contributed by atoms with Gasteiger partial charge in [-0.25, -0.2) is 0 Å². The van der Waals surface area contributed by atoms with E-state index >= 15 is 0 Å². The minimum absolute atomic E-state index is 0.291. The van der Waals surface area contributed by atoms with Crippen molar-refractivity contribution in [3.8, 4) is 0 Å². The fourth-order valence-corrected chi connectivity index (χ4v) is 2.83. The molecule has 0 aromatic rings. The summed E-state index contributed by atoms with van der Waals surface area (Å²) in [5.74, 6) is 2.09. The van der Waals surface area contributed by atoms with E-state index in [0.717, 1.165) is 44.2 Å². The Bertz CT molecular complexity index is 224. The Kier molecular flexibility index (Phi) is 2.91. The molecule has 2 rings (SSSR count). The van der Waals surface area contributed by atoms with Crippen molar-refractivity contribution in [3.63, 3.8) is 0 Å². The van der Waals surface area contributed by atoms with Gasteiger partial charge in [0.25, 0.3) is 0 Å². The van der Waals surface area contributed by atoms with Crippen LogP contribution in [0.25, 0.3) is 0 Å². The van der Waals surface area contributed by atoms with Gasteiger partial charge in [-0.2, -0.15) is 0 Å². The zero-order chi connectivity index (χ0) is 10.1. The van der Waals surface area contributed by atoms with Gasteiger partial charge in [0.15, 0.2) is 0 Å². The Hall–Kier alpha value is -0.370. The molecular weight excluding hydrogens is 174 g/mol. The average Bonchev–Trinajstić information content (AvgIpc) is 2.71. The molecule has 0 spiro atoms. The Morgan fingerprint density at radius 3 is 2.64 bits per heavy atom. The quantitative estimate of drug-likeness (QED) is 0.672. The summed E-state index contributed by atoms with van der Waals surface area (Å²) in [5.41, 5.74) is 0. The second-order valence-corrected chi connectivity index (χ2v) is 5.16. The molecule has 80 valence electrons. The summed E-state index contributed by atoms with van der Waals surface area (Å²) in [6, 6.07) is 0.291. The van der Waals surface area contributed by atoms with Crippen LogP contribution in [0.1, 0.15) is 39.5 Å². The number of Topliss-reactive ketones (excluding diaryl/α,β-unsaturated/α-hetero) is 1. The molecule has 1 aliphatic heterocycles. The van der Waals surface area contributed by atoms with Gasteiger partial charge in [-0.3, -0.25) is 9.69 Å².